The maximum atomic E-state index is 12.1. The maximum Gasteiger partial charge on any atom is 0.226 e. The van der Waals surface area contributed by atoms with E-state index in [2.05, 4.69) is 5.16 Å². The number of carbonyl (C=O) groups is 1. The molecule has 1 amide bonds. The second kappa shape index (κ2) is 3.61. The van der Waals surface area contributed by atoms with E-state index in [4.69, 9.17) is 4.52 Å². The van der Waals surface area contributed by atoms with E-state index in [0.717, 1.165) is 43.7 Å². The number of aryl methyl sites for hydroxylation is 1. The number of hydrogen-bond donors (Lipinski definition) is 0. The topological polar surface area (TPSA) is 46.3 Å². The third kappa shape index (κ3) is 1.62. The van der Waals surface area contributed by atoms with Crippen molar-refractivity contribution < 1.29 is 9.32 Å². The lowest BCUT2D eigenvalue weighted by atomic mass is 10.1. The number of nitrogens with zero attached hydrogens (tertiary/aromatic N) is 2. The van der Waals surface area contributed by atoms with Crippen LogP contribution in [0.15, 0.2) is 10.6 Å². The van der Waals surface area contributed by atoms with Gasteiger partial charge in [-0.05, 0) is 32.6 Å². The number of hydrogen-bond acceptors (Lipinski definition) is 3. The Bertz CT molecular complexity index is 409. The Kier molecular flexibility index (Phi) is 2.23. The van der Waals surface area contributed by atoms with Gasteiger partial charge in [0.2, 0.25) is 5.91 Å². The fourth-order valence-corrected chi connectivity index (χ4v) is 2.45. The average Bonchev–Trinajstić information content (AvgIpc) is 2.84. The molecule has 2 heterocycles. The zero-order chi connectivity index (χ0) is 11.1. The van der Waals surface area contributed by atoms with Crippen molar-refractivity contribution in [3.8, 4) is 0 Å². The molecule has 1 aliphatic carbocycles. The van der Waals surface area contributed by atoms with Crippen molar-refractivity contribution in [1.82, 2.24) is 10.1 Å². The monoisotopic (exact) mass is 220 g/mol. The zero-order valence-electron chi connectivity index (χ0n) is 9.48. The van der Waals surface area contributed by atoms with E-state index in [1.807, 2.05) is 17.9 Å². The Balaban J connectivity index is 1.80. The lowest BCUT2D eigenvalue weighted by molar-refractivity contribution is -0.133. The lowest BCUT2D eigenvalue weighted by Crippen LogP contribution is -2.31. The van der Waals surface area contributed by atoms with Crippen LogP contribution in [0.1, 0.15) is 43.2 Å². The normalized spacial score (nSPS) is 25.1. The van der Waals surface area contributed by atoms with Gasteiger partial charge in [0.05, 0.1) is 6.04 Å². The summed E-state index contributed by atoms with van der Waals surface area (Å²) in [6, 6.07) is 2.11. The summed E-state index contributed by atoms with van der Waals surface area (Å²) in [7, 11) is 0. The molecule has 2 fully saturated rings. The molecule has 0 spiro atoms. The first-order valence-electron chi connectivity index (χ1n) is 5.99. The number of aromatic nitrogens is 1. The third-order valence-electron chi connectivity index (χ3n) is 3.45. The smallest absolute Gasteiger partial charge is 0.226 e. The first-order chi connectivity index (χ1) is 7.75. The molecule has 0 aromatic carbocycles. The average molecular weight is 220 g/mol. The van der Waals surface area contributed by atoms with Crippen LogP contribution in [0.2, 0.25) is 0 Å². The summed E-state index contributed by atoms with van der Waals surface area (Å²) in [5.74, 6) is 1.44. The zero-order valence-corrected chi connectivity index (χ0v) is 9.48. The number of rotatable bonds is 2. The van der Waals surface area contributed by atoms with Gasteiger partial charge in [0.15, 0.2) is 0 Å². The second-order valence-corrected chi connectivity index (χ2v) is 4.83. The standard InChI is InChI=1S/C12H16N2O2/c1-8-7-10(13-16-8)11-3-2-6-14(11)12(15)9-4-5-9/h7,9,11H,2-6H2,1H3/t11-/m1/s1. The van der Waals surface area contributed by atoms with Crippen LogP contribution in [0.3, 0.4) is 0 Å². The van der Waals surface area contributed by atoms with Crippen molar-refractivity contribution in [3.63, 3.8) is 0 Å². The Morgan fingerprint density at radius 2 is 2.31 bits per heavy atom. The Labute approximate surface area is 94.6 Å². The van der Waals surface area contributed by atoms with Crippen LogP contribution in [0.5, 0.6) is 0 Å². The molecule has 4 heteroatoms. The van der Waals surface area contributed by atoms with Crippen molar-refractivity contribution in [2.24, 2.45) is 5.92 Å². The van der Waals surface area contributed by atoms with Crippen LogP contribution in [0, 0.1) is 12.8 Å². The van der Waals surface area contributed by atoms with Gasteiger partial charge in [0, 0.05) is 18.5 Å². The number of carbonyl (C=O) groups excluding carboxylic acids is 1. The molecule has 1 saturated heterocycles. The highest BCUT2D eigenvalue weighted by Gasteiger charge is 2.39. The van der Waals surface area contributed by atoms with Gasteiger partial charge in [-0.3, -0.25) is 4.79 Å². The van der Waals surface area contributed by atoms with Crippen molar-refractivity contribution in [3.05, 3.63) is 17.5 Å². The van der Waals surface area contributed by atoms with E-state index < -0.39 is 0 Å². The van der Waals surface area contributed by atoms with E-state index in [-0.39, 0.29) is 6.04 Å². The molecule has 1 aromatic rings. The molecule has 1 aliphatic heterocycles. The fraction of sp³-hybridized carbons (Fsp3) is 0.667. The fourth-order valence-electron chi connectivity index (χ4n) is 2.45. The molecule has 0 unspecified atom stereocenters. The van der Waals surface area contributed by atoms with Crippen molar-refractivity contribution in [2.75, 3.05) is 6.54 Å². The molecule has 1 atom stereocenters. The van der Waals surface area contributed by atoms with E-state index in [1.165, 1.54) is 0 Å². The maximum absolute atomic E-state index is 12.1. The minimum absolute atomic E-state index is 0.158. The molecule has 0 radical (unpaired) electrons. The molecule has 3 rings (SSSR count). The van der Waals surface area contributed by atoms with Crippen LogP contribution in [0.25, 0.3) is 0 Å². The van der Waals surface area contributed by atoms with Crippen molar-refractivity contribution >= 4 is 5.91 Å². The van der Waals surface area contributed by atoms with Gasteiger partial charge in [-0.25, -0.2) is 0 Å². The summed E-state index contributed by atoms with van der Waals surface area (Å²) >= 11 is 0. The molecule has 0 bridgehead atoms. The molecule has 2 aliphatic rings. The Morgan fingerprint density at radius 3 is 2.94 bits per heavy atom. The van der Waals surface area contributed by atoms with Gasteiger partial charge in [-0.15, -0.1) is 0 Å². The summed E-state index contributed by atoms with van der Waals surface area (Å²) < 4.78 is 5.09. The quantitative estimate of drug-likeness (QED) is 0.766. The largest absolute Gasteiger partial charge is 0.361 e. The summed E-state index contributed by atoms with van der Waals surface area (Å²) in [6.07, 6.45) is 4.24. The van der Waals surface area contributed by atoms with E-state index in [9.17, 15) is 4.79 Å². The Hall–Kier alpha value is -1.32. The highest BCUT2D eigenvalue weighted by atomic mass is 16.5. The predicted molar refractivity (Wildman–Crippen MR) is 57.7 cm³/mol. The molecular weight excluding hydrogens is 204 g/mol. The third-order valence-corrected chi connectivity index (χ3v) is 3.45. The van der Waals surface area contributed by atoms with Gasteiger partial charge in [-0.1, -0.05) is 5.16 Å². The second-order valence-electron chi connectivity index (χ2n) is 4.83. The van der Waals surface area contributed by atoms with E-state index in [0.29, 0.717) is 11.8 Å². The van der Waals surface area contributed by atoms with Crippen molar-refractivity contribution in [1.29, 1.82) is 0 Å². The van der Waals surface area contributed by atoms with Crippen LogP contribution >= 0.6 is 0 Å². The summed E-state index contributed by atoms with van der Waals surface area (Å²) in [4.78, 5) is 14.1. The predicted octanol–water partition coefficient (Wildman–Crippen LogP) is 2.06. The van der Waals surface area contributed by atoms with Crippen molar-refractivity contribution in [2.45, 2.75) is 38.6 Å². The molecule has 0 N–H and O–H groups in total. The van der Waals surface area contributed by atoms with Crippen LogP contribution < -0.4 is 0 Å². The summed E-state index contributed by atoms with van der Waals surface area (Å²) in [5, 5.41) is 4.04. The Morgan fingerprint density at radius 1 is 1.50 bits per heavy atom. The highest BCUT2D eigenvalue weighted by molar-refractivity contribution is 5.81. The van der Waals surface area contributed by atoms with Gasteiger partial charge < -0.3 is 9.42 Å². The summed E-state index contributed by atoms with van der Waals surface area (Å²) in [6.45, 7) is 2.77. The highest BCUT2D eigenvalue weighted by Crippen LogP contribution is 2.38. The molecule has 4 nitrogen and oxygen atoms in total. The van der Waals surface area contributed by atoms with E-state index >= 15 is 0 Å². The van der Waals surface area contributed by atoms with Crippen LogP contribution in [0.4, 0.5) is 0 Å². The van der Waals surface area contributed by atoms with E-state index in [1.54, 1.807) is 0 Å². The van der Waals surface area contributed by atoms with Crippen LogP contribution in [-0.4, -0.2) is 22.5 Å². The minimum atomic E-state index is 0.158. The number of likely N-dealkylation sites (tertiary alicyclic amines) is 1. The molecule has 1 aromatic heterocycles. The molecule has 1 saturated carbocycles. The lowest BCUT2D eigenvalue weighted by Gasteiger charge is -2.22. The van der Waals surface area contributed by atoms with Crippen LogP contribution in [-0.2, 0) is 4.79 Å². The molecule has 86 valence electrons. The van der Waals surface area contributed by atoms with Gasteiger partial charge in [0.25, 0.3) is 0 Å². The SMILES string of the molecule is Cc1cc([C@H]2CCCN2C(=O)C2CC2)no1. The molecule has 16 heavy (non-hydrogen) atoms. The molecular formula is C12H16N2O2. The first-order valence-corrected chi connectivity index (χ1v) is 5.99. The summed E-state index contributed by atoms with van der Waals surface area (Å²) in [5.41, 5.74) is 0.920. The minimum Gasteiger partial charge on any atom is -0.361 e. The van der Waals surface area contributed by atoms with Gasteiger partial charge in [0.1, 0.15) is 11.5 Å². The van der Waals surface area contributed by atoms with Gasteiger partial charge >= 0.3 is 0 Å². The van der Waals surface area contributed by atoms with Gasteiger partial charge in [-0.2, -0.15) is 0 Å². The number of amides is 1. The first kappa shape index (κ1) is 9.87.